The molecular formula is C12H22BrNO2. The number of hydrogen-bond donors (Lipinski definition) is 2. The molecule has 0 spiro atoms. The summed E-state index contributed by atoms with van der Waals surface area (Å²) in [4.78, 5) is 11.5. The van der Waals surface area contributed by atoms with Gasteiger partial charge in [-0.05, 0) is 25.7 Å². The molecule has 0 aromatic heterocycles. The van der Waals surface area contributed by atoms with Crippen LogP contribution in [0.1, 0.15) is 44.9 Å². The van der Waals surface area contributed by atoms with Gasteiger partial charge < -0.3 is 10.4 Å². The summed E-state index contributed by atoms with van der Waals surface area (Å²) in [6.45, 7) is 0.853. The third-order valence-electron chi connectivity index (χ3n) is 3.45. The van der Waals surface area contributed by atoms with E-state index >= 15 is 0 Å². The largest absolute Gasteiger partial charge is 0.396 e. The summed E-state index contributed by atoms with van der Waals surface area (Å²) in [6.07, 6.45) is 7.03. The average Bonchev–Trinajstić information content (AvgIpc) is 2.76. The highest BCUT2D eigenvalue weighted by Gasteiger charge is 2.33. The third kappa shape index (κ3) is 4.42. The SMILES string of the molecule is O=C(CCCCBr)NCC1(CO)CCCC1. The molecule has 0 aromatic rings. The zero-order valence-corrected chi connectivity index (χ0v) is 11.4. The maximum absolute atomic E-state index is 11.5. The van der Waals surface area contributed by atoms with E-state index in [1.54, 1.807) is 0 Å². The van der Waals surface area contributed by atoms with Gasteiger partial charge in [-0.25, -0.2) is 0 Å². The first-order valence-corrected chi connectivity index (χ1v) is 7.28. The first-order valence-electron chi connectivity index (χ1n) is 6.16. The molecule has 3 nitrogen and oxygen atoms in total. The van der Waals surface area contributed by atoms with E-state index in [9.17, 15) is 9.90 Å². The van der Waals surface area contributed by atoms with Crippen LogP contribution in [0.5, 0.6) is 0 Å². The number of amides is 1. The zero-order chi connectivity index (χ0) is 11.9. The van der Waals surface area contributed by atoms with Crippen LogP contribution in [0.25, 0.3) is 0 Å². The van der Waals surface area contributed by atoms with Crippen LogP contribution in [-0.4, -0.2) is 29.5 Å². The van der Waals surface area contributed by atoms with Crippen LogP contribution in [0.3, 0.4) is 0 Å². The second-order valence-electron chi connectivity index (χ2n) is 4.79. The van der Waals surface area contributed by atoms with Crippen molar-refractivity contribution >= 4 is 21.8 Å². The van der Waals surface area contributed by atoms with Crippen molar-refractivity contribution in [3.63, 3.8) is 0 Å². The second-order valence-corrected chi connectivity index (χ2v) is 5.58. The van der Waals surface area contributed by atoms with E-state index in [1.807, 2.05) is 0 Å². The summed E-state index contributed by atoms with van der Waals surface area (Å²) in [6, 6.07) is 0. The fourth-order valence-electron chi connectivity index (χ4n) is 2.27. The minimum Gasteiger partial charge on any atom is -0.396 e. The lowest BCUT2D eigenvalue weighted by Crippen LogP contribution is -2.38. The summed E-state index contributed by atoms with van der Waals surface area (Å²) >= 11 is 3.35. The van der Waals surface area contributed by atoms with E-state index in [2.05, 4.69) is 21.2 Å². The van der Waals surface area contributed by atoms with Crippen molar-refractivity contribution in [3.05, 3.63) is 0 Å². The summed E-state index contributed by atoms with van der Waals surface area (Å²) in [5.41, 5.74) is -0.0227. The maximum Gasteiger partial charge on any atom is 0.220 e. The first-order chi connectivity index (χ1) is 7.72. The van der Waals surface area contributed by atoms with Crippen LogP contribution in [0.15, 0.2) is 0 Å². The highest BCUT2D eigenvalue weighted by Crippen LogP contribution is 2.36. The number of carbonyl (C=O) groups excluding carboxylic acids is 1. The Balaban J connectivity index is 2.19. The molecule has 0 atom stereocenters. The summed E-state index contributed by atoms with van der Waals surface area (Å²) in [7, 11) is 0. The van der Waals surface area contributed by atoms with Gasteiger partial charge in [-0.2, -0.15) is 0 Å². The monoisotopic (exact) mass is 291 g/mol. The molecule has 0 saturated heterocycles. The van der Waals surface area contributed by atoms with Gasteiger partial charge in [-0.1, -0.05) is 28.8 Å². The van der Waals surface area contributed by atoms with E-state index in [4.69, 9.17) is 0 Å². The quantitative estimate of drug-likeness (QED) is 0.558. The standard InChI is InChI=1S/C12H22BrNO2/c13-8-4-1-5-11(16)14-9-12(10-15)6-2-3-7-12/h15H,1-10H2,(H,14,16). The van der Waals surface area contributed by atoms with Crippen molar-refractivity contribution in [2.24, 2.45) is 5.41 Å². The molecule has 0 bridgehead atoms. The van der Waals surface area contributed by atoms with Crippen LogP contribution in [-0.2, 0) is 4.79 Å². The van der Waals surface area contributed by atoms with E-state index < -0.39 is 0 Å². The van der Waals surface area contributed by atoms with Gasteiger partial charge in [0.25, 0.3) is 0 Å². The molecule has 0 unspecified atom stereocenters. The molecule has 1 aliphatic carbocycles. The normalized spacial score (nSPS) is 18.6. The Morgan fingerprint density at radius 1 is 1.31 bits per heavy atom. The molecule has 4 heteroatoms. The van der Waals surface area contributed by atoms with Crippen LogP contribution in [0.4, 0.5) is 0 Å². The van der Waals surface area contributed by atoms with Gasteiger partial charge in [0.1, 0.15) is 0 Å². The number of carbonyl (C=O) groups is 1. The fourth-order valence-corrected chi connectivity index (χ4v) is 2.67. The third-order valence-corrected chi connectivity index (χ3v) is 4.01. The minimum absolute atomic E-state index is 0.0227. The topological polar surface area (TPSA) is 49.3 Å². The summed E-state index contributed by atoms with van der Waals surface area (Å²) in [5, 5.41) is 13.3. The minimum atomic E-state index is -0.0227. The van der Waals surface area contributed by atoms with E-state index in [0.717, 1.165) is 31.0 Å². The number of halogens is 1. The zero-order valence-electron chi connectivity index (χ0n) is 9.80. The van der Waals surface area contributed by atoms with Gasteiger partial charge in [0, 0.05) is 23.7 Å². The van der Waals surface area contributed by atoms with Crippen molar-refractivity contribution in [2.45, 2.75) is 44.9 Å². The summed E-state index contributed by atoms with van der Waals surface area (Å²) in [5.74, 6) is 0.126. The molecule has 1 amide bonds. The Labute approximate surface area is 106 Å². The Hall–Kier alpha value is -0.0900. The summed E-state index contributed by atoms with van der Waals surface area (Å²) < 4.78 is 0. The molecule has 0 aliphatic heterocycles. The van der Waals surface area contributed by atoms with Crippen LogP contribution in [0.2, 0.25) is 0 Å². The molecule has 2 N–H and O–H groups in total. The number of aliphatic hydroxyl groups excluding tert-OH is 1. The Bertz CT molecular complexity index is 215. The van der Waals surface area contributed by atoms with Crippen LogP contribution in [0, 0.1) is 5.41 Å². The molecule has 1 fully saturated rings. The van der Waals surface area contributed by atoms with E-state index in [1.165, 1.54) is 12.8 Å². The predicted molar refractivity (Wildman–Crippen MR) is 68.6 cm³/mol. The van der Waals surface area contributed by atoms with Crippen molar-refractivity contribution in [3.8, 4) is 0 Å². The van der Waals surface area contributed by atoms with E-state index in [-0.39, 0.29) is 17.9 Å². The fraction of sp³-hybridized carbons (Fsp3) is 0.917. The lowest BCUT2D eigenvalue weighted by Gasteiger charge is -2.26. The molecule has 16 heavy (non-hydrogen) atoms. The average molecular weight is 292 g/mol. The number of hydrogen-bond acceptors (Lipinski definition) is 2. The molecular weight excluding hydrogens is 270 g/mol. The van der Waals surface area contributed by atoms with Gasteiger partial charge in [0.2, 0.25) is 5.91 Å². The van der Waals surface area contributed by atoms with Crippen molar-refractivity contribution in [1.29, 1.82) is 0 Å². The number of unbranched alkanes of at least 4 members (excludes halogenated alkanes) is 1. The second kappa shape index (κ2) is 7.28. The molecule has 1 rings (SSSR count). The van der Waals surface area contributed by atoms with Gasteiger partial charge in [0.05, 0.1) is 6.61 Å². The number of rotatable bonds is 7. The van der Waals surface area contributed by atoms with Gasteiger partial charge in [0.15, 0.2) is 0 Å². The predicted octanol–water partition coefficient (Wildman–Crippen LogP) is 2.22. The van der Waals surface area contributed by atoms with Gasteiger partial charge in [-0.3, -0.25) is 4.79 Å². The molecule has 94 valence electrons. The Morgan fingerprint density at radius 3 is 2.56 bits per heavy atom. The Kier molecular flexibility index (Phi) is 6.36. The first kappa shape index (κ1) is 14.0. The molecule has 1 saturated carbocycles. The van der Waals surface area contributed by atoms with Crippen LogP contribution < -0.4 is 5.32 Å². The lowest BCUT2D eigenvalue weighted by molar-refractivity contribution is -0.121. The van der Waals surface area contributed by atoms with Gasteiger partial charge >= 0.3 is 0 Å². The molecule has 0 heterocycles. The van der Waals surface area contributed by atoms with Crippen LogP contribution >= 0.6 is 15.9 Å². The highest BCUT2D eigenvalue weighted by atomic mass is 79.9. The number of alkyl halides is 1. The van der Waals surface area contributed by atoms with Crippen molar-refractivity contribution in [2.75, 3.05) is 18.5 Å². The molecule has 0 aromatic carbocycles. The molecule has 1 aliphatic rings. The number of aliphatic hydroxyl groups is 1. The maximum atomic E-state index is 11.5. The van der Waals surface area contributed by atoms with Crippen molar-refractivity contribution in [1.82, 2.24) is 5.32 Å². The highest BCUT2D eigenvalue weighted by molar-refractivity contribution is 9.09. The lowest BCUT2D eigenvalue weighted by atomic mass is 9.87. The Morgan fingerprint density at radius 2 is 2.00 bits per heavy atom. The smallest absolute Gasteiger partial charge is 0.220 e. The van der Waals surface area contributed by atoms with Crippen molar-refractivity contribution < 1.29 is 9.90 Å². The van der Waals surface area contributed by atoms with Gasteiger partial charge in [-0.15, -0.1) is 0 Å². The number of nitrogens with one attached hydrogen (secondary N) is 1. The molecule has 0 radical (unpaired) electrons. The van der Waals surface area contributed by atoms with E-state index in [0.29, 0.717) is 13.0 Å².